The Morgan fingerprint density at radius 2 is 2.11 bits per heavy atom. The van der Waals surface area contributed by atoms with E-state index in [0.717, 1.165) is 34.9 Å². The molecule has 0 unspecified atom stereocenters. The van der Waals surface area contributed by atoms with Crippen LogP contribution < -0.4 is 14.8 Å². The van der Waals surface area contributed by atoms with Crippen LogP contribution in [0, 0.1) is 0 Å². The van der Waals surface area contributed by atoms with Crippen LogP contribution in [-0.2, 0) is 6.54 Å². The van der Waals surface area contributed by atoms with E-state index in [0.29, 0.717) is 0 Å². The number of hydrogen-bond donors (Lipinski definition) is 2. The van der Waals surface area contributed by atoms with Gasteiger partial charge in [-0.15, -0.1) is 0 Å². The lowest BCUT2D eigenvalue weighted by atomic mass is 10.1. The highest BCUT2D eigenvalue weighted by molar-refractivity contribution is 5.70. The first kappa shape index (κ1) is 12.4. The highest BCUT2D eigenvalue weighted by atomic mass is 16.5. The van der Waals surface area contributed by atoms with Gasteiger partial charge in [0, 0.05) is 23.7 Å². The minimum Gasteiger partial charge on any atom is -0.497 e. The van der Waals surface area contributed by atoms with Crippen molar-refractivity contribution in [2.45, 2.75) is 6.54 Å². The van der Waals surface area contributed by atoms with Gasteiger partial charge in [0.15, 0.2) is 0 Å². The summed E-state index contributed by atoms with van der Waals surface area (Å²) >= 11 is 0. The number of methoxy groups -OCH3 is 2. The lowest BCUT2D eigenvalue weighted by Gasteiger charge is -2.10. The summed E-state index contributed by atoms with van der Waals surface area (Å²) < 4.78 is 10.6. The third-order valence-electron chi connectivity index (χ3n) is 2.76. The van der Waals surface area contributed by atoms with Crippen LogP contribution in [0.3, 0.4) is 0 Å². The quantitative estimate of drug-likeness (QED) is 0.846. The number of nitrogens with one attached hydrogen (secondary N) is 2. The fourth-order valence-electron chi connectivity index (χ4n) is 1.87. The normalized spacial score (nSPS) is 10.4. The fraction of sp³-hybridized carbons (Fsp3) is 0.308. The third-order valence-corrected chi connectivity index (χ3v) is 2.76. The molecule has 2 N–H and O–H groups in total. The van der Waals surface area contributed by atoms with Crippen LogP contribution in [0.2, 0.25) is 0 Å². The zero-order valence-electron chi connectivity index (χ0n) is 10.8. The van der Waals surface area contributed by atoms with E-state index in [2.05, 4.69) is 15.5 Å². The van der Waals surface area contributed by atoms with Gasteiger partial charge >= 0.3 is 0 Å². The summed E-state index contributed by atoms with van der Waals surface area (Å²) in [5, 5.41) is 10.2. The Bertz CT molecular complexity index is 523. The van der Waals surface area contributed by atoms with Crippen molar-refractivity contribution in [3.05, 3.63) is 30.0 Å². The standard InChI is InChI=1S/C13H17N3O2/c1-14-7-9-8-15-16-13(9)11-5-4-10(17-2)6-12(11)18-3/h4-6,8,14H,7H2,1-3H3,(H,15,16). The second-order valence-corrected chi connectivity index (χ2v) is 3.87. The fourth-order valence-corrected chi connectivity index (χ4v) is 1.87. The van der Waals surface area contributed by atoms with Crippen molar-refractivity contribution in [2.75, 3.05) is 21.3 Å². The van der Waals surface area contributed by atoms with E-state index in [1.165, 1.54) is 0 Å². The van der Waals surface area contributed by atoms with Gasteiger partial charge in [-0.25, -0.2) is 0 Å². The first-order chi connectivity index (χ1) is 8.80. The highest BCUT2D eigenvalue weighted by Gasteiger charge is 2.12. The van der Waals surface area contributed by atoms with Crippen molar-refractivity contribution in [1.29, 1.82) is 0 Å². The molecule has 5 heteroatoms. The molecular weight excluding hydrogens is 230 g/mol. The van der Waals surface area contributed by atoms with Crippen molar-refractivity contribution >= 4 is 0 Å². The molecule has 0 saturated heterocycles. The molecule has 0 aliphatic heterocycles. The number of aromatic amines is 1. The minimum absolute atomic E-state index is 0.751. The molecule has 0 spiro atoms. The smallest absolute Gasteiger partial charge is 0.131 e. The molecule has 2 rings (SSSR count). The molecule has 1 heterocycles. The lowest BCUT2D eigenvalue weighted by molar-refractivity contribution is 0.395. The molecule has 2 aromatic rings. The molecular formula is C13H17N3O2. The second kappa shape index (κ2) is 5.55. The van der Waals surface area contributed by atoms with Crippen molar-refractivity contribution in [3.8, 4) is 22.8 Å². The van der Waals surface area contributed by atoms with E-state index in [9.17, 15) is 0 Å². The van der Waals surface area contributed by atoms with E-state index < -0.39 is 0 Å². The van der Waals surface area contributed by atoms with Crippen LogP contribution in [0.1, 0.15) is 5.56 Å². The van der Waals surface area contributed by atoms with Crippen LogP contribution in [0.15, 0.2) is 24.4 Å². The van der Waals surface area contributed by atoms with Crippen molar-refractivity contribution in [1.82, 2.24) is 15.5 Å². The predicted octanol–water partition coefficient (Wildman–Crippen LogP) is 1.81. The molecule has 18 heavy (non-hydrogen) atoms. The van der Waals surface area contributed by atoms with Gasteiger partial charge in [-0.2, -0.15) is 5.10 Å². The molecule has 96 valence electrons. The van der Waals surface area contributed by atoms with Gasteiger partial charge in [0.25, 0.3) is 0 Å². The summed E-state index contributed by atoms with van der Waals surface area (Å²) in [5.41, 5.74) is 3.03. The van der Waals surface area contributed by atoms with E-state index in [1.807, 2.05) is 31.4 Å². The van der Waals surface area contributed by atoms with Gasteiger partial charge < -0.3 is 14.8 Å². The average molecular weight is 247 g/mol. The Labute approximate surface area is 106 Å². The molecule has 0 aliphatic carbocycles. The maximum Gasteiger partial charge on any atom is 0.131 e. The SMILES string of the molecule is CNCc1cn[nH]c1-c1ccc(OC)cc1OC. The number of rotatable bonds is 5. The van der Waals surface area contributed by atoms with E-state index in [4.69, 9.17) is 9.47 Å². The molecule has 0 amide bonds. The van der Waals surface area contributed by atoms with Gasteiger partial charge in [-0.3, -0.25) is 5.10 Å². The summed E-state index contributed by atoms with van der Waals surface area (Å²) in [5.74, 6) is 1.53. The van der Waals surface area contributed by atoms with Gasteiger partial charge in [0.05, 0.1) is 26.1 Å². The third kappa shape index (κ3) is 2.31. The summed E-state index contributed by atoms with van der Waals surface area (Å²) in [4.78, 5) is 0. The van der Waals surface area contributed by atoms with E-state index in [-0.39, 0.29) is 0 Å². The summed E-state index contributed by atoms with van der Waals surface area (Å²) in [6.45, 7) is 0.751. The van der Waals surface area contributed by atoms with Crippen LogP contribution in [0.25, 0.3) is 11.3 Å². The molecule has 0 saturated carbocycles. The largest absolute Gasteiger partial charge is 0.497 e. The van der Waals surface area contributed by atoms with Gasteiger partial charge in [-0.1, -0.05) is 0 Å². The number of nitrogens with zero attached hydrogens (tertiary/aromatic N) is 1. The van der Waals surface area contributed by atoms with Crippen LogP contribution in [0.4, 0.5) is 0 Å². The maximum atomic E-state index is 5.40. The molecule has 0 aliphatic rings. The van der Waals surface area contributed by atoms with Crippen molar-refractivity contribution in [3.63, 3.8) is 0 Å². The van der Waals surface area contributed by atoms with Crippen molar-refractivity contribution < 1.29 is 9.47 Å². The Hall–Kier alpha value is -2.01. The Morgan fingerprint density at radius 1 is 1.28 bits per heavy atom. The number of hydrogen-bond acceptors (Lipinski definition) is 4. The second-order valence-electron chi connectivity index (χ2n) is 3.87. The number of benzene rings is 1. The molecule has 0 bridgehead atoms. The maximum absolute atomic E-state index is 5.40. The van der Waals surface area contributed by atoms with Crippen molar-refractivity contribution in [2.24, 2.45) is 0 Å². The summed E-state index contributed by atoms with van der Waals surface area (Å²) in [6, 6.07) is 5.73. The topological polar surface area (TPSA) is 59.2 Å². The Morgan fingerprint density at radius 3 is 2.78 bits per heavy atom. The van der Waals surface area contributed by atoms with Gasteiger partial charge in [0.2, 0.25) is 0 Å². The minimum atomic E-state index is 0.751. The monoisotopic (exact) mass is 247 g/mol. The zero-order chi connectivity index (χ0) is 13.0. The highest BCUT2D eigenvalue weighted by Crippen LogP contribution is 2.33. The van der Waals surface area contributed by atoms with Crippen LogP contribution in [0.5, 0.6) is 11.5 Å². The van der Waals surface area contributed by atoms with E-state index >= 15 is 0 Å². The lowest BCUT2D eigenvalue weighted by Crippen LogP contribution is -2.05. The molecule has 1 aromatic carbocycles. The van der Waals surface area contributed by atoms with E-state index in [1.54, 1.807) is 14.2 Å². The predicted molar refractivity (Wildman–Crippen MR) is 69.9 cm³/mol. The van der Waals surface area contributed by atoms with Crippen LogP contribution >= 0.6 is 0 Å². The molecule has 0 fully saturated rings. The van der Waals surface area contributed by atoms with Gasteiger partial charge in [0.1, 0.15) is 11.5 Å². The Balaban J connectivity index is 2.46. The Kier molecular flexibility index (Phi) is 3.84. The molecule has 0 atom stereocenters. The summed E-state index contributed by atoms with van der Waals surface area (Å²) in [7, 11) is 5.19. The average Bonchev–Trinajstić information content (AvgIpc) is 2.86. The number of ether oxygens (including phenoxy) is 2. The molecule has 5 nitrogen and oxygen atoms in total. The van der Waals surface area contributed by atoms with Crippen LogP contribution in [-0.4, -0.2) is 31.5 Å². The van der Waals surface area contributed by atoms with Gasteiger partial charge in [-0.05, 0) is 19.2 Å². The summed E-state index contributed by atoms with van der Waals surface area (Å²) in [6.07, 6.45) is 1.81. The first-order valence-corrected chi connectivity index (χ1v) is 5.69. The number of H-pyrrole nitrogens is 1. The molecule has 0 radical (unpaired) electrons. The number of aromatic nitrogens is 2. The first-order valence-electron chi connectivity index (χ1n) is 5.69. The zero-order valence-corrected chi connectivity index (χ0v) is 10.8. The molecule has 1 aromatic heterocycles.